The number of hydrogen-bond donors (Lipinski definition) is 2. The Morgan fingerprint density at radius 1 is 1.16 bits per heavy atom. The first-order valence-corrected chi connectivity index (χ1v) is 12.5. The van der Waals surface area contributed by atoms with Crippen molar-refractivity contribution in [2.24, 2.45) is 11.3 Å². The number of allylic oxidation sites excluding steroid dienone is 4. The molecular weight excluding hydrogens is 478 g/mol. The van der Waals surface area contributed by atoms with Gasteiger partial charge in [-0.25, -0.2) is 0 Å². The zero-order chi connectivity index (χ0) is 27.9. The first-order valence-electron chi connectivity index (χ1n) is 12.5. The second-order valence-corrected chi connectivity index (χ2v) is 9.80. The molecule has 0 spiro atoms. The van der Waals surface area contributed by atoms with Gasteiger partial charge in [-0.05, 0) is 33.3 Å². The number of aliphatic hydroxyl groups is 1. The quantitative estimate of drug-likeness (QED) is 0.331. The molecule has 37 heavy (non-hydrogen) atoms. The maximum absolute atomic E-state index is 13.7. The Morgan fingerprint density at radius 3 is 2.43 bits per heavy atom. The summed E-state index contributed by atoms with van der Waals surface area (Å²) in [6.45, 7) is 9.28. The number of aliphatic hydroxyl groups excluding tert-OH is 1. The van der Waals surface area contributed by atoms with Crippen LogP contribution in [0, 0.1) is 11.3 Å². The first-order chi connectivity index (χ1) is 17.3. The van der Waals surface area contributed by atoms with Crippen LogP contribution in [0.4, 0.5) is 0 Å². The van der Waals surface area contributed by atoms with Crippen LogP contribution in [0.25, 0.3) is 0 Å². The van der Waals surface area contributed by atoms with Crippen LogP contribution >= 0.6 is 0 Å². The number of carbonyl (C=O) groups is 5. The van der Waals surface area contributed by atoms with Gasteiger partial charge < -0.3 is 19.9 Å². The van der Waals surface area contributed by atoms with E-state index in [4.69, 9.17) is 9.47 Å². The van der Waals surface area contributed by atoms with E-state index < -0.39 is 65.1 Å². The molecular formula is C28H37NO8. The van der Waals surface area contributed by atoms with Crippen LogP contribution in [0.1, 0.15) is 60.8 Å². The van der Waals surface area contributed by atoms with Gasteiger partial charge in [0.25, 0.3) is 5.91 Å². The van der Waals surface area contributed by atoms with Crippen molar-refractivity contribution in [2.75, 3.05) is 0 Å². The first kappa shape index (κ1) is 29.9. The zero-order valence-electron chi connectivity index (χ0n) is 22.3. The third-order valence-electron chi connectivity index (χ3n) is 6.70. The van der Waals surface area contributed by atoms with E-state index in [2.05, 4.69) is 5.32 Å². The maximum atomic E-state index is 13.7. The Hall–Kier alpha value is -3.33. The van der Waals surface area contributed by atoms with Crippen molar-refractivity contribution < 1.29 is 38.6 Å². The van der Waals surface area contributed by atoms with E-state index in [1.165, 1.54) is 13.0 Å². The molecule has 3 aliphatic rings. The fraction of sp³-hybridized carbons (Fsp3) is 0.536. The summed E-state index contributed by atoms with van der Waals surface area (Å²) in [6.07, 6.45) is 8.00. The highest BCUT2D eigenvalue weighted by Gasteiger charge is 2.56. The molecule has 0 aromatic heterocycles. The van der Waals surface area contributed by atoms with E-state index in [1.807, 2.05) is 13.0 Å². The van der Waals surface area contributed by atoms with Crippen molar-refractivity contribution in [1.82, 2.24) is 5.32 Å². The molecule has 9 nitrogen and oxygen atoms in total. The number of rotatable bonds is 4. The number of hydrogen-bond acceptors (Lipinski definition) is 8. The van der Waals surface area contributed by atoms with Gasteiger partial charge in [-0.15, -0.1) is 0 Å². The highest BCUT2D eigenvalue weighted by Crippen LogP contribution is 2.38. The van der Waals surface area contributed by atoms with Crippen LogP contribution in [-0.2, 0) is 33.4 Å². The summed E-state index contributed by atoms with van der Waals surface area (Å²) < 4.78 is 11.3. The molecule has 9 heteroatoms. The average Bonchev–Trinajstić information content (AvgIpc) is 2.85. The molecule has 0 aromatic carbocycles. The molecule has 1 amide bonds. The Labute approximate surface area is 217 Å². The number of amides is 1. The predicted molar refractivity (Wildman–Crippen MR) is 136 cm³/mol. The Kier molecular flexibility index (Phi) is 10.3. The Morgan fingerprint density at radius 2 is 1.81 bits per heavy atom. The van der Waals surface area contributed by atoms with E-state index in [1.54, 1.807) is 45.1 Å². The van der Waals surface area contributed by atoms with Gasteiger partial charge in [0.15, 0.2) is 5.78 Å². The number of ether oxygens (including phenoxy) is 2. The average molecular weight is 516 g/mol. The zero-order valence-corrected chi connectivity index (χ0v) is 22.3. The van der Waals surface area contributed by atoms with E-state index >= 15 is 0 Å². The van der Waals surface area contributed by atoms with Crippen molar-refractivity contribution in [3.63, 3.8) is 0 Å². The topological polar surface area (TPSA) is 136 Å². The summed E-state index contributed by atoms with van der Waals surface area (Å²) in [4.78, 5) is 63.1. The van der Waals surface area contributed by atoms with E-state index in [0.717, 1.165) is 12.5 Å². The third kappa shape index (κ3) is 7.58. The fourth-order valence-electron chi connectivity index (χ4n) is 4.17. The molecule has 0 saturated carbocycles. The molecule has 1 fully saturated rings. The number of ketones is 2. The molecule has 6 unspecified atom stereocenters. The molecule has 0 radical (unpaired) electrons. The lowest BCUT2D eigenvalue weighted by Crippen LogP contribution is -2.61. The predicted octanol–water partition coefficient (Wildman–Crippen LogP) is 2.68. The van der Waals surface area contributed by atoms with E-state index in [0.29, 0.717) is 12.0 Å². The minimum atomic E-state index is -1.81. The summed E-state index contributed by atoms with van der Waals surface area (Å²) >= 11 is 0. The van der Waals surface area contributed by atoms with Crippen LogP contribution in [0.5, 0.6) is 0 Å². The molecule has 202 valence electrons. The second kappa shape index (κ2) is 12.8. The number of carbonyl (C=O) groups excluding carboxylic acids is 5. The van der Waals surface area contributed by atoms with Crippen molar-refractivity contribution >= 4 is 29.4 Å². The molecule has 6 atom stereocenters. The molecule has 3 rings (SSSR count). The van der Waals surface area contributed by atoms with Gasteiger partial charge in [0, 0.05) is 19.8 Å². The fourth-order valence-corrected chi connectivity index (χ4v) is 4.17. The van der Waals surface area contributed by atoms with Crippen molar-refractivity contribution in [3.05, 3.63) is 47.6 Å². The summed E-state index contributed by atoms with van der Waals surface area (Å²) in [5, 5.41) is 12.9. The summed E-state index contributed by atoms with van der Waals surface area (Å²) in [6, 6.07) is -1.18. The van der Waals surface area contributed by atoms with E-state index in [-0.39, 0.29) is 12.8 Å². The van der Waals surface area contributed by atoms with Crippen LogP contribution in [-0.4, -0.2) is 58.9 Å². The van der Waals surface area contributed by atoms with Crippen molar-refractivity contribution in [3.8, 4) is 0 Å². The lowest BCUT2D eigenvalue weighted by molar-refractivity contribution is -0.182. The maximum Gasteiger partial charge on any atom is 0.322 e. The van der Waals surface area contributed by atoms with Gasteiger partial charge in [-0.1, -0.05) is 55.4 Å². The molecule has 2 bridgehead atoms. The van der Waals surface area contributed by atoms with Gasteiger partial charge in [0.05, 0.1) is 18.1 Å². The van der Waals surface area contributed by atoms with Gasteiger partial charge in [0.2, 0.25) is 5.78 Å². The molecule has 2 heterocycles. The van der Waals surface area contributed by atoms with Crippen LogP contribution < -0.4 is 5.32 Å². The van der Waals surface area contributed by atoms with E-state index in [9.17, 15) is 29.1 Å². The largest absolute Gasteiger partial charge is 0.461 e. The summed E-state index contributed by atoms with van der Waals surface area (Å²) in [5.74, 6) is -4.28. The lowest BCUT2D eigenvalue weighted by Gasteiger charge is -2.42. The SMILES string of the molecule is CCC(=O)OC1C=CC(C)=CCC(O)C=CC(C)=CC(NC(=O)C(C)=O)C2(C)C(=O)OC(C1)C(C)C2=O. The molecule has 1 aliphatic carbocycles. The summed E-state index contributed by atoms with van der Waals surface area (Å²) in [7, 11) is 0. The number of nitrogens with one attached hydrogen (secondary N) is 1. The summed E-state index contributed by atoms with van der Waals surface area (Å²) in [5.41, 5.74) is -0.432. The molecule has 0 aromatic rings. The van der Waals surface area contributed by atoms with Crippen LogP contribution in [0.15, 0.2) is 47.6 Å². The van der Waals surface area contributed by atoms with Crippen molar-refractivity contribution in [2.45, 2.75) is 85.2 Å². The normalized spacial score (nSPS) is 31.1. The molecule has 2 N–H and O–H groups in total. The van der Waals surface area contributed by atoms with Crippen molar-refractivity contribution in [1.29, 1.82) is 0 Å². The molecule has 1 saturated heterocycles. The van der Waals surface area contributed by atoms with Gasteiger partial charge in [-0.2, -0.15) is 0 Å². The minimum Gasteiger partial charge on any atom is -0.461 e. The standard InChI is InChI=1S/C28H37NO8/c1-7-24(32)36-21-13-10-16(2)8-11-20(31)12-9-17(3)14-23(29-26(34)19(5)30)28(6)25(33)18(4)22(15-21)37-27(28)35/h8-10,12-14,18,20-23,31H,7,11,15H2,1-6H3,(H,29,34). The monoisotopic (exact) mass is 515 g/mol. The lowest BCUT2D eigenvalue weighted by atomic mass is 9.69. The van der Waals surface area contributed by atoms with Gasteiger partial charge in [-0.3, -0.25) is 24.0 Å². The number of fused-ring (bicyclic) bond motifs is 10. The second-order valence-electron chi connectivity index (χ2n) is 9.80. The highest BCUT2D eigenvalue weighted by atomic mass is 16.6. The third-order valence-corrected chi connectivity index (χ3v) is 6.70. The highest BCUT2D eigenvalue weighted by molar-refractivity contribution is 6.35. The van der Waals surface area contributed by atoms with Gasteiger partial charge in [0.1, 0.15) is 17.6 Å². The Balaban J connectivity index is 2.60. The Bertz CT molecular complexity index is 1050. The van der Waals surface area contributed by atoms with Gasteiger partial charge >= 0.3 is 11.9 Å². The minimum absolute atomic E-state index is 0.0633. The van der Waals surface area contributed by atoms with Crippen LogP contribution in [0.2, 0.25) is 0 Å². The number of esters is 2. The van der Waals surface area contributed by atoms with Crippen LogP contribution in [0.3, 0.4) is 0 Å². The smallest absolute Gasteiger partial charge is 0.322 e. The number of Topliss-reactive ketones (excluding diaryl/α,β-unsaturated/α-hetero) is 2. The molecule has 2 aliphatic heterocycles.